The summed E-state index contributed by atoms with van der Waals surface area (Å²) in [6.07, 6.45) is 0.889. The second-order valence-corrected chi connectivity index (χ2v) is 6.86. The molecule has 0 heterocycles. The normalized spacial score (nSPS) is 9.96. The third-order valence-electron chi connectivity index (χ3n) is 3.99. The van der Waals surface area contributed by atoms with Gasteiger partial charge < -0.3 is 11.1 Å². The van der Waals surface area contributed by atoms with Crippen molar-refractivity contribution in [3.8, 4) is 0 Å². The number of nitrogens with one attached hydrogen (secondary N) is 3. The van der Waals surface area contributed by atoms with Crippen LogP contribution in [0.4, 0.5) is 5.69 Å². The van der Waals surface area contributed by atoms with Crippen molar-refractivity contribution in [1.29, 1.82) is 5.41 Å². The van der Waals surface area contributed by atoms with E-state index in [9.17, 15) is 4.79 Å². The zero-order chi connectivity index (χ0) is 19.7. The third kappa shape index (κ3) is 7.83. The maximum absolute atomic E-state index is 12.4. The van der Waals surface area contributed by atoms with Crippen molar-refractivity contribution < 1.29 is 37.5 Å². The molecule has 0 aliphatic carbocycles. The van der Waals surface area contributed by atoms with Gasteiger partial charge in [-0.15, -0.1) is 6.54 Å². The van der Waals surface area contributed by atoms with E-state index in [0.29, 0.717) is 5.56 Å². The minimum atomic E-state index is -0.120. The van der Waals surface area contributed by atoms with Crippen LogP contribution in [0.15, 0.2) is 47.5 Å². The molecule has 0 saturated carbocycles. The van der Waals surface area contributed by atoms with Crippen LogP contribution in [-0.4, -0.2) is 19.0 Å². The van der Waals surface area contributed by atoms with Crippen molar-refractivity contribution >= 4 is 24.7 Å². The second-order valence-electron chi connectivity index (χ2n) is 6.86. The number of hydrogen-bond acceptors (Lipinski definition) is 2. The van der Waals surface area contributed by atoms with Crippen LogP contribution < -0.4 is 5.32 Å². The van der Waals surface area contributed by atoms with Gasteiger partial charge in [-0.3, -0.25) is 15.2 Å². The Kier molecular flexibility index (Phi) is 11.2. The zero-order valence-corrected chi connectivity index (χ0v) is 19.3. The zero-order valence-electron chi connectivity index (χ0n) is 16.5. The molecule has 1 amide bonds. The summed E-state index contributed by atoms with van der Waals surface area (Å²) >= 11 is 0. The van der Waals surface area contributed by atoms with Gasteiger partial charge in [0.1, 0.15) is 6.34 Å². The molecule has 2 aromatic rings. The van der Waals surface area contributed by atoms with E-state index in [4.69, 9.17) is 11.1 Å². The molecule has 5 nitrogen and oxygen atoms in total. The van der Waals surface area contributed by atoms with Crippen LogP contribution in [0.25, 0.3) is 5.73 Å². The van der Waals surface area contributed by atoms with Gasteiger partial charge in [0, 0.05) is 44.0 Å². The molecule has 2 rings (SSSR count). The summed E-state index contributed by atoms with van der Waals surface area (Å²) in [6.45, 7) is 11.6. The molecule has 141 valence electrons. The monoisotopic (exact) mass is 440 g/mol. The largest absolute Gasteiger partial charge is 0.674 e. The van der Waals surface area contributed by atoms with Gasteiger partial charge in [0.2, 0.25) is 0 Å². The molecule has 2 aromatic carbocycles. The van der Waals surface area contributed by atoms with Gasteiger partial charge in [0.15, 0.2) is 0 Å². The van der Waals surface area contributed by atoms with E-state index in [1.807, 2.05) is 49.4 Å². The van der Waals surface area contributed by atoms with Gasteiger partial charge in [-0.2, -0.15) is 0 Å². The Morgan fingerprint density at radius 1 is 1.22 bits per heavy atom. The number of amides is 1. The van der Waals surface area contributed by atoms with Crippen LogP contribution in [0, 0.1) is 12.3 Å². The molecule has 1 radical (unpaired) electrons. The number of carbonyl (C=O) groups excluding carboxylic acids is 1. The third-order valence-corrected chi connectivity index (χ3v) is 3.99. The van der Waals surface area contributed by atoms with Crippen molar-refractivity contribution in [3.63, 3.8) is 0 Å². The number of rotatable bonds is 4. The van der Waals surface area contributed by atoms with Crippen LogP contribution in [0.2, 0.25) is 0 Å². The fraction of sp³-hybridized carbons (Fsp3) is 0.286. The molecular weight excluding hydrogens is 413 g/mol. The Bertz CT molecular complexity index is 759. The Labute approximate surface area is 187 Å². The summed E-state index contributed by atoms with van der Waals surface area (Å²) in [5.41, 5.74) is 12.1. The number of hydrogen-bond donors (Lipinski definition) is 2. The maximum Gasteiger partial charge on any atom is 0.255 e. The first-order valence-electron chi connectivity index (χ1n) is 8.34. The van der Waals surface area contributed by atoms with E-state index in [-0.39, 0.29) is 50.6 Å². The molecule has 6 heteroatoms. The Morgan fingerprint density at radius 3 is 2.22 bits per heavy atom. The smallest absolute Gasteiger partial charge is 0.255 e. The minimum absolute atomic E-state index is 0. The van der Waals surface area contributed by atoms with E-state index in [0.717, 1.165) is 23.2 Å². The van der Waals surface area contributed by atoms with E-state index >= 15 is 0 Å². The molecule has 0 atom stereocenters. The van der Waals surface area contributed by atoms with Gasteiger partial charge in [-0.25, -0.2) is 0 Å². The molecule has 0 aliphatic heterocycles. The fourth-order valence-corrected chi connectivity index (χ4v) is 2.33. The van der Waals surface area contributed by atoms with Gasteiger partial charge in [0.25, 0.3) is 5.91 Å². The van der Waals surface area contributed by atoms with Gasteiger partial charge in [-0.05, 0) is 48.4 Å². The van der Waals surface area contributed by atoms with E-state index in [1.165, 1.54) is 5.56 Å². The summed E-state index contributed by atoms with van der Waals surface area (Å²) in [7, 11) is 0. The first-order chi connectivity index (χ1) is 12.2. The van der Waals surface area contributed by atoms with Crippen molar-refractivity contribution in [2.75, 3.05) is 5.32 Å². The second kappa shape index (κ2) is 11.9. The standard InChI is InChI=1S/C19H23N2O.C2H4N2.Y/c1-13-15(12-20)6-5-7-17(13)21-18(22)14-8-10-16(11-9-14)19(2,3)4;1-4-2-3;/h5-11,20H,12H2,1-4H3,(H,21,22);2-3H,1H2;/q-1;;. The molecule has 27 heavy (non-hydrogen) atoms. The van der Waals surface area contributed by atoms with Crippen molar-refractivity contribution in [2.24, 2.45) is 4.99 Å². The molecule has 0 aromatic heterocycles. The number of carbonyl (C=O) groups is 1. The summed E-state index contributed by atoms with van der Waals surface area (Å²) in [5, 5.41) is 9.03. The SMILES string of the molecule is C=NC=N.Cc1c(C[NH-])cccc1NC(=O)c1ccc(C(C)(C)C)cc1.[Y]. The van der Waals surface area contributed by atoms with E-state index < -0.39 is 0 Å². The molecule has 3 N–H and O–H groups in total. The maximum atomic E-state index is 12.4. The quantitative estimate of drug-likeness (QED) is 0.485. The predicted octanol–water partition coefficient (Wildman–Crippen LogP) is 5.39. The number of anilines is 1. The van der Waals surface area contributed by atoms with Crippen LogP contribution in [0.1, 0.15) is 47.8 Å². The van der Waals surface area contributed by atoms with Crippen LogP contribution >= 0.6 is 0 Å². The Morgan fingerprint density at radius 2 is 1.78 bits per heavy atom. The topological polar surface area (TPSA) is 89.1 Å². The average Bonchev–Trinajstić information content (AvgIpc) is 2.63. The first-order valence-corrected chi connectivity index (χ1v) is 8.34. The van der Waals surface area contributed by atoms with E-state index in [2.05, 4.69) is 37.8 Å². The Balaban J connectivity index is 0.00000123. The van der Waals surface area contributed by atoms with Gasteiger partial charge >= 0.3 is 0 Å². The fourth-order valence-electron chi connectivity index (χ4n) is 2.33. The average molecular weight is 440 g/mol. The van der Waals surface area contributed by atoms with Crippen LogP contribution in [0.3, 0.4) is 0 Å². The van der Waals surface area contributed by atoms with Crippen LogP contribution in [0.5, 0.6) is 0 Å². The molecule has 0 fully saturated rings. The first kappa shape index (κ1) is 25.3. The van der Waals surface area contributed by atoms with Crippen molar-refractivity contribution in [2.45, 2.75) is 39.7 Å². The molecule has 0 bridgehead atoms. The number of aliphatic imine (C=N–C) groups is 1. The summed E-state index contributed by atoms with van der Waals surface area (Å²) in [6, 6.07) is 13.4. The summed E-state index contributed by atoms with van der Waals surface area (Å²) in [4.78, 5) is 15.4. The molecule has 0 aliphatic rings. The number of benzene rings is 2. The molecule has 0 saturated heterocycles. The molecular formula is C21H27N4OY-. The van der Waals surface area contributed by atoms with Crippen molar-refractivity contribution in [3.05, 3.63) is 70.5 Å². The molecule has 0 unspecified atom stereocenters. The van der Waals surface area contributed by atoms with Gasteiger partial charge in [0.05, 0.1) is 0 Å². The van der Waals surface area contributed by atoms with Crippen LogP contribution in [-0.2, 0) is 44.7 Å². The Hall–Kier alpha value is -1.69. The van der Waals surface area contributed by atoms with Gasteiger partial charge in [-0.1, -0.05) is 50.6 Å². The summed E-state index contributed by atoms with van der Waals surface area (Å²) in [5.74, 6) is -0.120. The molecule has 0 spiro atoms. The number of nitrogens with zero attached hydrogens (tertiary/aromatic N) is 1. The predicted molar refractivity (Wildman–Crippen MR) is 111 cm³/mol. The van der Waals surface area contributed by atoms with E-state index in [1.54, 1.807) is 0 Å². The van der Waals surface area contributed by atoms with Crippen molar-refractivity contribution in [1.82, 2.24) is 0 Å². The summed E-state index contributed by atoms with van der Waals surface area (Å²) < 4.78 is 0. The minimum Gasteiger partial charge on any atom is -0.674 e.